The van der Waals surface area contributed by atoms with Crippen molar-refractivity contribution in [1.82, 2.24) is 5.32 Å². The number of rotatable bonds is 6. The SMILES string of the molecule is CCCNC1CC(C(C)CCC)Oc2ccccc21. The van der Waals surface area contributed by atoms with Gasteiger partial charge >= 0.3 is 0 Å². The van der Waals surface area contributed by atoms with Crippen LogP contribution >= 0.6 is 0 Å². The van der Waals surface area contributed by atoms with Crippen LogP contribution in [0.1, 0.15) is 58.1 Å². The van der Waals surface area contributed by atoms with E-state index in [1.54, 1.807) is 0 Å². The minimum Gasteiger partial charge on any atom is -0.490 e. The normalized spacial score (nSPS) is 23.5. The summed E-state index contributed by atoms with van der Waals surface area (Å²) in [6.07, 6.45) is 5.10. The molecule has 0 bridgehead atoms. The summed E-state index contributed by atoms with van der Waals surface area (Å²) in [6.45, 7) is 7.86. The third kappa shape index (κ3) is 3.50. The molecule has 1 aliphatic heterocycles. The smallest absolute Gasteiger partial charge is 0.124 e. The summed E-state index contributed by atoms with van der Waals surface area (Å²) in [6, 6.07) is 8.94. The Morgan fingerprint density at radius 1 is 1.26 bits per heavy atom. The monoisotopic (exact) mass is 261 g/mol. The zero-order valence-electron chi connectivity index (χ0n) is 12.5. The Kier molecular flexibility index (Phi) is 5.26. The second kappa shape index (κ2) is 6.95. The lowest BCUT2D eigenvalue weighted by molar-refractivity contribution is 0.0954. The molecule has 1 aromatic carbocycles. The Hall–Kier alpha value is -1.02. The average molecular weight is 261 g/mol. The molecule has 1 aromatic rings. The van der Waals surface area contributed by atoms with Gasteiger partial charge in [0, 0.05) is 18.0 Å². The first kappa shape index (κ1) is 14.4. The molecule has 0 aromatic heterocycles. The van der Waals surface area contributed by atoms with Gasteiger partial charge in [0.05, 0.1) is 0 Å². The van der Waals surface area contributed by atoms with Crippen LogP contribution in [0.4, 0.5) is 0 Å². The predicted molar refractivity (Wildman–Crippen MR) is 80.6 cm³/mol. The number of benzene rings is 1. The highest BCUT2D eigenvalue weighted by Crippen LogP contribution is 2.37. The van der Waals surface area contributed by atoms with E-state index in [9.17, 15) is 0 Å². The van der Waals surface area contributed by atoms with Crippen molar-refractivity contribution in [3.63, 3.8) is 0 Å². The van der Waals surface area contributed by atoms with E-state index in [1.807, 2.05) is 0 Å². The van der Waals surface area contributed by atoms with Crippen LogP contribution in [0.15, 0.2) is 24.3 Å². The summed E-state index contributed by atoms with van der Waals surface area (Å²) in [4.78, 5) is 0. The van der Waals surface area contributed by atoms with Crippen LogP contribution in [-0.4, -0.2) is 12.6 Å². The van der Waals surface area contributed by atoms with Crippen molar-refractivity contribution >= 4 is 0 Å². The standard InChI is InChI=1S/C17H27NO/c1-4-8-13(3)17-12-15(18-11-5-2)14-9-6-7-10-16(14)19-17/h6-7,9-10,13,15,17-18H,4-5,8,11-12H2,1-3H3. The van der Waals surface area contributed by atoms with Crippen molar-refractivity contribution in [1.29, 1.82) is 0 Å². The van der Waals surface area contributed by atoms with Crippen molar-refractivity contribution in [2.45, 2.75) is 58.6 Å². The molecular formula is C17H27NO. The van der Waals surface area contributed by atoms with Gasteiger partial charge in [-0.25, -0.2) is 0 Å². The molecule has 1 heterocycles. The van der Waals surface area contributed by atoms with Crippen molar-refractivity contribution in [3.05, 3.63) is 29.8 Å². The van der Waals surface area contributed by atoms with E-state index in [0.717, 1.165) is 18.7 Å². The largest absolute Gasteiger partial charge is 0.490 e. The summed E-state index contributed by atoms with van der Waals surface area (Å²) in [5.74, 6) is 1.71. The minimum absolute atomic E-state index is 0.351. The summed E-state index contributed by atoms with van der Waals surface area (Å²) in [5, 5.41) is 3.67. The van der Waals surface area contributed by atoms with E-state index < -0.39 is 0 Å². The Bertz CT molecular complexity index is 391. The first-order valence-corrected chi connectivity index (χ1v) is 7.75. The number of para-hydroxylation sites is 1. The van der Waals surface area contributed by atoms with Gasteiger partial charge in [-0.2, -0.15) is 0 Å². The first-order chi connectivity index (χ1) is 9.26. The highest BCUT2D eigenvalue weighted by atomic mass is 16.5. The zero-order chi connectivity index (χ0) is 13.7. The van der Waals surface area contributed by atoms with Gasteiger partial charge in [0.25, 0.3) is 0 Å². The maximum absolute atomic E-state index is 6.22. The van der Waals surface area contributed by atoms with Gasteiger partial charge in [-0.05, 0) is 31.4 Å². The average Bonchev–Trinajstić information content (AvgIpc) is 2.44. The fourth-order valence-electron chi connectivity index (χ4n) is 2.95. The van der Waals surface area contributed by atoms with E-state index in [2.05, 4.69) is 50.4 Å². The second-order valence-corrected chi connectivity index (χ2v) is 5.70. The molecule has 2 nitrogen and oxygen atoms in total. The third-order valence-corrected chi connectivity index (χ3v) is 4.06. The Morgan fingerprint density at radius 3 is 2.79 bits per heavy atom. The van der Waals surface area contributed by atoms with Gasteiger partial charge < -0.3 is 10.1 Å². The van der Waals surface area contributed by atoms with E-state index >= 15 is 0 Å². The molecule has 3 unspecified atom stereocenters. The van der Waals surface area contributed by atoms with E-state index in [-0.39, 0.29) is 0 Å². The molecule has 19 heavy (non-hydrogen) atoms. The van der Waals surface area contributed by atoms with Crippen LogP contribution in [0.25, 0.3) is 0 Å². The lowest BCUT2D eigenvalue weighted by Gasteiger charge is -2.35. The van der Waals surface area contributed by atoms with Crippen LogP contribution in [0.5, 0.6) is 5.75 Å². The molecule has 0 saturated heterocycles. The summed E-state index contributed by atoms with van der Waals surface area (Å²) < 4.78 is 6.22. The van der Waals surface area contributed by atoms with Gasteiger partial charge in [0.2, 0.25) is 0 Å². The topological polar surface area (TPSA) is 21.3 Å². The fraction of sp³-hybridized carbons (Fsp3) is 0.647. The third-order valence-electron chi connectivity index (χ3n) is 4.06. The number of nitrogens with one attached hydrogen (secondary N) is 1. The molecule has 0 saturated carbocycles. The summed E-state index contributed by atoms with van der Waals surface area (Å²) in [5.41, 5.74) is 1.33. The number of ether oxygens (including phenoxy) is 1. The molecule has 1 aliphatic rings. The van der Waals surface area contributed by atoms with Crippen molar-refractivity contribution in [2.75, 3.05) is 6.54 Å². The van der Waals surface area contributed by atoms with Crippen LogP contribution in [-0.2, 0) is 0 Å². The lowest BCUT2D eigenvalue weighted by Crippen LogP contribution is -2.36. The molecule has 2 heteroatoms. The van der Waals surface area contributed by atoms with Gasteiger partial charge in [0.1, 0.15) is 11.9 Å². The maximum atomic E-state index is 6.22. The van der Waals surface area contributed by atoms with Gasteiger partial charge in [0.15, 0.2) is 0 Å². The highest BCUT2D eigenvalue weighted by Gasteiger charge is 2.30. The first-order valence-electron chi connectivity index (χ1n) is 7.75. The molecular weight excluding hydrogens is 234 g/mol. The van der Waals surface area contributed by atoms with Crippen LogP contribution in [0.3, 0.4) is 0 Å². The van der Waals surface area contributed by atoms with Crippen molar-refractivity contribution < 1.29 is 4.74 Å². The van der Waals surface area contributed by atoms with Crippen LogP contribution in [0, 0.1) is 5.92 Å². The van der Waals surface area contributed by atoms with Crippen molar-refractivity contribution in [2.24, 2.45) is 5.92 Å². The molecule has 0 spiro atoms. The molecule has 0 aliphatic carbocycles. The molecule has 0 radical (unpaired) electrons. The summed E-state index contributed by atoms with van der Waals surface area (Å²) >= 11 is 0. The van der Waals surface area contributed by atoms with Crippen LogP contribution in [0.2, 0.25) is 0 Å². The molecule has 1 N–H and O–H groups in total. The Morgan fingerprint density at radius 2 is 2.05 bits per heavy atom. The van der Waals surface area contributed by atoms with E-state index in [4.69, 9.17) is 4.74 Å². The molecule has 0 amide bonds. The molecule has 2 rings (SSSR count). The van der Waals surface area contributed by atoms with Crippen LogP contribution < -0.4 is 10.1 Å². The number of hydrogen-bond acceptors (Lipinski definition) is 2. The lowest BCUT2D eigenvalue weighted by atomic mass is 9.88. The fourth-order valence-corrected chi connectivity index (χ4v) is 2.95. The summed E-state index contributed by atoms with van der Waals surface area (Å²) in [7, 11) is 0. The predicted octanol–water partition coefficient (Wildman–Crippen LogP) is 4.31. The molecule has 106 valence electrons. The minimum atomic E-state index is 0.351. The highest BCUT2D eigenvalue weighted by molar-refractivity contribution is 5.38. The number of hydrogen-bond donors (Lipinski definition) is 1. The molecule has 0 fully saturated rings. The Balaban J connectivity index is 2.14. The van der Waals surface area contributed by atoms with Crippen molar-refractivity contribution in [3.8, 4) is 5.75 Å². The zero-order valence-corrected chi connectivity index (χ0v) is 12.5. The van der Waals surface area contributed by atoms with Gasteiger partial charge in [-0.1, -0.05) is 45.4 Å². The Labute approximate surface area is 117 Å². The van der Waals surface area contributed by atoms with E-state index in [0.29, 0.717) is 18.1 Å². The number of fused-ring (bicyclic) bond motifs is 1. The van der Waals surface area contributed by atoms with E-state index in [1.165, 1.54) is 24.8 Å². The second-order valence-electron chi connectivity index (χ2n) is 5.70. The molecule has 3 atom stereocenters. The van der Waals surface area contributed by atoms with Gasteiger partial charge in [-0.3, -0.25) is 0 Å². The van der Waals surface area contributed by atoms with Gasteiger partial charge in [-0.15, -0.1) is 0 Å². The quantitative estimate of drug-likeness (QED) is 0.823. The maximum Gasteiger partial charge on any atom is 0.124 e.